The van der Waals surface area contributed by atoms with Gasteiger partial charge in [0.25, 0.3) is 0 Å². The van der Waals surface area contributed by atoms with Crippen LogP contribution in [0.1, 0.15) is 17.5 Å². The van der Waals surface area contributed by atoms with Crippen LogP contribution in [-0.2, 0) is 15.6 Å². The predicted octanol–water partition coefficient (Wildman–Crippen LogP) is 2.60. The Kier molecular flexibility index (Phi) is 4.57. The van der Waals surface area contributed by atoms with E-state index >= 15 is 0 Å². The molecule has 0 amide bonds. The van der Waals surface area contributed by atoms with Crippen LogP contribution in [0, 0.1) is 6.92 Å². The first-order valence-corrected chi connectivity index (χ1v) is 9.38. The Labute approximate surface area is 146 Å². The van der Waals surface area contributed by atoms with Crippen LogP contribution in [-0.4, -0.2) is 26.7 Å². The van der Waals surface area contributed by atoms with E-state index in [2.05, 4.69) is 4.72 Å². The standard InChI is InChI=1S/C17H18ClNO4S/c1-12-6-7-13(18)10-16(12)24(21,22)19-11-17(20)8-9-23-15-5-3-2-4-14(15)17/h2-7,10,19-20H,8-9,11H2,1H3. The monoisotopic (exact) mass is 367 g/mol. The van der Waals surface area contributed by atoms with Crippen molar-refractivity contribution in [1.29, 1.82) is 0 Å². The summed E-state index contributed by atoms with van der Waals surface area (Å²) >= 11 is 5.91. The Morgan fingerprint density at radius 3 is 2.83 bits per heavy atom. The number of aliphatic hydroxyl groups is 1. The van der Waals surface area contributed by atoms with E-state index in [9.17, 15) is 13.5 Å². The molecule has 128 valence electrons. The van der Waals surface area contributed by atoms with Gasteiger partial charge in [-0.25, -0.2) is 13.1 Å². The summed E-state index contributed by atoms with van der Waals surface area (Å²) in [4.78, 5) is 0.110. The molecule has 24 heavy (non-hydrogen) atoms. The maximum Gasteiger partial charge on any atom is 0.240 e. The van der Waals surface area contributed by atoms with Gasteiger partial charge in [0.05, 0.1) is 11.5 Å². The van der Waals surface area contributed by atoms with Crippen molar-refractivity contribution in [1.82, 2.24) is 4.72 Å². The molecule has 1 aliphatic rings. The molecule has 0 saturated carbocycles. The largest absolute Gasteiger partial charge is 0.493 e. The lowest BCUT2D eigenvalue weighted by Crippen LogP contribution is -2.43. The van der Waals surface area contributed by atoms with E-state index in [-0.39, 0.29) is 11.4 Å². The summed E-state index contributed by atoms with van der Waals surface area (Å²) in [6, 6.07) is 11.8. The van der Waals surface area contributed by atoms with E-state index in [1.807, 2.05) is 6.07 Å². The number of benzene rings is 2. The van der Waals surface area contributed by atoms with Crippen LogP contribution >= 0.6 is 11.6 Å². The van der Waals surface area contributed by atoms with Crippen molar-refractivity contribution < 1.29 is 18.3 Å². The predicted molar refractivity (Wildman–Crippen MR) is 91.8 cm³/mol. The van der Waals surface area contributed by atoms with Gasteiger partial charge in [0.15, 0.2) is 0 Å². The fourth-order valence-electron chi connectivity index (χ4n) is 2.78. The van der Waals surface area contributed by atoms with Crippen molar-refractivity contribution in [2.45, 2.75) is 23.8 Å². The Morgan fingerprint density at radius 2 is 2.04 bits per heavy atom. The number of hydrogen-bond donors (Lipinski definition) is 2. The third-order valence-electron chi connectivity index (χ3n) is 4.16. The Hall–Kier alpha value is -1.60. The summed E-state index contributed by atoms with van der Waals surface area (Å²) in [6.45, 7) is 1.89. The second-order valence-corrected chi connectivity index (χ2v) is 8.03. The first-order valence-electron chi connectivity index (χ1n) is 7.52. The molecule has 0 radical (unpaired) electrons. The van der Waals surface area contributed by atoms with Crippen molar-refractivity contribution in [3.63, 3.8) is 0 Å². The lowest BCUT2D eigenvalue weighted by Gasteiger charge is -2.34. The van der Waals surface area contributed by atoms with Crippen molar-refractivity contribution in [3.05, 3.63) is 58.6 Å². The van der Waals surface area contributed by atoms with Gasteiger partial charge in [-0.2, -0.15) is 0 Å². The fourth-order valence-corrected chi connectivity index (χ4v) is 4.38. The van der Waals surface area contributed by atoms with Crippen molar-refractivity contribution in [2.24, 2.45) is 0 Å². The average molecular weight is 368 g/mol. The number of halogens is 1. The minimum atomic E-state index is -3.79. The van der Waals surface area contributed by atoms with Gasteiger partial charge in [-0.3, -0.25) is 0 Å². The molecule has 1 aliphatic heterocycles. The molecular weight excluding hydrogens is 350 g/mol. The van der Waals surface area contributed by atoms with Crippen LogP contribution in [0.3, 0.4) is 0 Å². The van der Waals surface area contributed by atoms with E-state index in [0.717, 1.165) is 0 Å². The quantitative estimate of drug-likeness (QED) is 0.871. The summed E-state index contributed by atoms with van der Waals surface area (Å²) in [7, 11) is -3.79. The van der Waals surface area contributed by atoms with Gasteiger partial charge in [0, 0.05) is 23.6 Å². The Balaban J connectivity index is 1.86. The molecule has 0 fully saturated rings. The van der Waals surface area contributed by atoms with E-state index < -0.39 is 15.6 Å². The van der Waals surface area contributed by atoms with E-state index in [4.69, 9.17) is 16.3 Å². The first-order chi connectivity index (χ1) is 11.3. The summed E-state index contributed by atoms with van der Waals surface area (Å²) in [6.07, 6.45) is 0.307. The molecule has 1 heterocycles. The van der Waals surface area contributed by atoms with Crippen LogP contribution in [0.25, 0.3) is 0 Å². The molecule has 5 nitrogen and oxygen atoms in total. The number of sulfonamides is 1. The van der Waals surface area contributed by atoms with Gasteiger partial charge in [0.2, 0.25) is 10.0 Å². The number of ether oxygens (including phenoxy) is 1. The highest BCUT2D eigenvalue weighted by Gasteiger charge is 2.36. The highest BCUT2D eigenvalue weighted by molar-refractivity contribution is 7.89. The summed E-state index contributed by atoms with van der Waals surface area (Å²) in [5, 5.41) is 11.3. The van der Waals surface area contributed by atoms with Crippen LogP contribution in [0.5, 0.6) is 5.75 Å². The van der Waals surface area contributed by atoms with E-state index in [1.54, 1.807) is 37.3 Å². The highest BCUT2D eigenvalue weighted by Crippen LogP contribution is 2.36. The van der Waals surface area contributed by atoms with Crippen LogP contribution in [0.2, 0.25) is 5.02 Å². The van der Waals surface area contributed by atoms with Crippen molar-refractivity contribution in [3.8, 4) is 5.75 Å². The van der Waals surface area contributed by atoms with Crippen LogP contribution < -0.4 is 9.46 Å². The maximum atomic E-state index is 12.6. The second kappa shape index (κ2) is 6.37. The van der Waals surface area contributed by atoms with E-state index in [1.165, 1.54) is 6.07 Å². The zero-order valence-electron chi connectivity index (χ0n) is 13.1. The number of aryl methyl sites for hydroxylation is 1. The third-order valence-corrected chi connectivity index (χ3v) is 5.93. The Bertz CT molecular complexity index is 869. The molecule has 2 aromatic carbocycles. The smallest absolute Gasteiger partial charge is 0.240 e. The van der Waals surface area contributed by atoms with Crippen molar-refractivity contribution >= 4 is 21.6 Å². The number of rotatable bonds is 4. The lowest BCUT2D eigenvalue weighted by molar-refractivity contribution is 0.00219. The zero-order valence-corrected chi connectivity index (χ0v) is 14.7. The number of hydrogen-bond acceptors (Lipinski definition) is 4. The van der Waals surface area contributed by atoms with Crippen LogP contribution in [0.4, 0.5) is 0 Å². The molecule has 1 unspecified atom stereocenters. The van der Waals surface area contributed by atoms with Gasteiger partial charge in [-0.15, -0.1) is 0 Å². The molecule has 1 atom stereocenters. The number of fused-ring (bicyclic) bond motifs is 1. The number of para-hydroxylation sites is 1. The minimum Gasteiger partial charge on any atom is -0.493 e. The topological polar surface area (TPSA) is 75.6 Å². The maximum absolute atomic E-state index is 12.6. The molecule has 3 rings (SSSR count). The van der Waals surface area contributed by atoms with Gasteiger partial charge in [-0.05, 0) is 30.7 Å². The summed E-state index contributed by atoms with van der Waals surface area (Å²) < 4.78 is 33.2. The molecule has 2 N–H and O–H groups in total. The summed E-state index contributed by atoms with van der Waals surface area (Å²) in [5.41, 5.74) is -0.137. The summed E-state index contributed by atoms with van der Waals surface area (Å²) in [5.74, 6) is 0.574. The molecule has 0 spiro atoms. The molecule has 0 aromatic heterocycles. The zero-order chi connectivity index (χ0) is 17.4. The van der Waals surface area contributed by atoms with Gasteiger partial charge < -0.3 is 9.84 Å². The van der Waals surface area contributed by atoms with Gasteiger partial charge in [0.1, 0.15) is 11.4 Å². The average Bonchev–Trinajstić information content (AvgIpc) is 2.56. The normalized spacial score (nSPS) is 20.3. The van der Waals surface area contributed by atoms with Gasteiger partial charge in [-0.1, -0.05) is 35.9 Å². The molecule has 0 saturated heterocycles. The third kappa shape index (κ3) is 3.28. The van der Waals surface area contributed by atoms with Crippen LogP contribution in [0.15, 0.2) is 47.4 Å². The molecule has 0 bridgehead atoms. The SMILES string of the molecule is Cc1ccc(Cl)cc1S(=O)(=O)NCC1(O)CCOc2ccccc21. The Morgan fingerprint density at radius 1 is 1.29 bits per heavy atom. The van der Waals surface area contributed by atoms with Crippen molar-refractivity contribution in [2.75, 3.05) is 13.2 Å². The fraction of sp³-hybridized carbons (Fsp3) is 0.294. The molecule has 7 heteroatoms. The minimum absolute atomic E-state index is 0.110. The first kappa shape index (κ1) is 17.2. The molecular formula is C17H18ClNO4S. The highest BCUT2D eigenvalue weighted by atomic mass is 35.5. The second-order valence-electron chi connectivity index (χ2n) is 5.86. The molecule has 0 aliphatic carbocycles. The van der Waals surface area contributed by atoms with E-state index in [0.29, 0.717) is 34.9 Å². The lowest BCUT2D eigenvalue weighted by atomic mass is 9.88. The molecule has 2 aromatic rings. The van der Waals surface area contributed by atoms with Gasteiger partial charge >= 0.3 is 0 Å². The number of nitrogens with one attached hydrogen (secondary N) is 1.